The Morgan fingerprint density at radius 1 is 1.38 bits per heavy atom. The fourth-order valence-electron chi connectivity index (χ4n) is 2.10. The Labute approximate surface area is 104 Å². The highest BCUT2D eigenvalue weighted by atomic mass is 79.9. The van der Waals surface area contributed by atoms with Gasteiger partial charge in [0.2, 0.25) is 5.91 Å². The minimum absolute atomic E-state index is 0.00241. The maximum absolute atomic E-state index is 11.2. The van der Waals surface area contributed by atoms with E-state index < -0.39 is 0 Å². The molecular formula is C12H15BrN2O. The van der Waals surface area contributed by atoms with Gasteiger partial charge in [-0.15, -0.1) is 0 Å². The maximum atomic E-state index is 11.2. The summed E-state index contributed by atoms with van der Waals surface area (Å²) >= 11 is 3.41. The molecule has 1 atom stereocenters. The molecule has 1 fully saturated rings. The molecule has 0 aromatic heterocycles. The van der Waals surface area contributed by atoms with Crippen LogP contribution >= 0.6 is 15.9 Å². The van der Waals surface area contributed by atoms with Crippen LogP contribution in [0.15, 0.2) is 28.7 Å². The summed E-state index contributed by atoms with van der Waals surface area (Å²) in [6.07, 6.45) is 1.95. The quantitative estimate of drug-likeness (QED) is 0.904. The van der Waals surface area contributed by atoms with Gasteiger partial charge in [0.25, 0.3) is 0 Å². The number of carbonyl (C=O) groups is 1. The van der Waals surface area contributed by atoms with Crippen molar-refractivity contribution in [2.24, 2.45) is 11.7 Å². The topological polar surface area (TPSA) is 46.3 Å². The molecule has 3 nitrogen and oxygen atoms in total. The first-order chi connectivity index (χ1) is 7.66. The molecule has 1 aliphatic rings. The lowest BCUT2D eigenvalue weighted by Gasteiger charge is -2.33. The second kappa shape index (κ2) is 4.87. The van der Waals surface area contributed by atoms with Gasteiger partial charge in [-0.1, -0.05) is 15.9 Å². The summed E-state index contributed by atoms with van der Waals surface area (Å²) in [4.78, 5) is 13.4. The Hall–Kier alpha value is -1.03. The van der Waals surface area contributed by atoms with Crippen LogP contribution in [0.5, 0.6) is 0 Å². The van der Waals surface area contributed by atoms with Crippen LogP contribution in [0.2, 0.25) is 0 Å². The van der Waals surface area contributed by atoms with E-state index in [9.17, 15) is 4.79 Å². The second-order valence-corrected chi connectivity index (χ2v) is 5.08. The number of nitrogens with two attached hydrogens (primary N) is 1. The molecule has 0 saturated carbocycles. The number of halogens is 1. The number of benzene rings is 1. The molecule has 0 aliphatic carbocycles. The van der Waals surface area contributed by atoms with Gasteiger partial charge < -0.3 is 10.6 Å². The molecule has 0 bridgehead atoms. The molecule has 0 radical (unpaired) electrons. The van der Waals surface area contributed by atoms with Crippen molar-refractivity contribution >= 4 is 27.5 Å². The lowest BCUT2D eigenvalue weighted by atomic mass is 9.97. The third-order valence-corrected chi connectivity index (χ3v) is 3.54. The fraction of sp³-hybridized carbons (Fsp3) is 0.417. The normalized spacial score (nSPS) is 20.8. The van der Waals surface area contributed by atoms with Crippen molar-refractivity contribution < 1.29 is 4.79 Å². The molecule has 2 rings (SSSR count). The molecule has 1 unspecified atom stereocenters. The van der Waals surface area contributed by atoms with Gasteiger partial charge in [-0.05, 0) is 37.1 Å². The summed E-state index contributed by atoms with van der Waals surface area (Å²) in [6, 6.07) is 8.16. The third kappa shape index (κ3) is 2.55. The van der Waals surface area contributed by atoms with E-state index in [-0.39, 0.29) is 11.8 Å². The second-order valence-electron chi connectivity index (χ2n) is 4.16. The highest BCUT2D eigenvalue weighted by Gasteiger charge is 2.23. The molecule has 2 N–H and O–H groups in total. The zero-order chi connectivity index (χ0) is 11.5. The van der Waals surface area contributed by atoms with E-state index >= 15 is 0 Å². The number of piperidine rings is 1. The van der Waals surface area contributed by atoms with Crippen molar-refractivity contribution in [3.05, 3.63) is 28.7 Å². The molecular weight excluding hydrogens is 268 g/mol. The van der Waals surface area contributed by atoms with Gasteiger partial charge in [0.15, 0.2) is 0 Å². The SMILES string of the molecule is NC(=O)C1CCCN(c2ccc(Br)cc2)C1. The summed E-state index contributed by atoms with van der Waals surface area (Å²) in [6.45, 7) is 1.75. The Bertz CT molecular complexity index is 377. The summed E-state index contributed by atoms with van der Waals surface area (Å²) in [7, 11) is 0. The number of nitrogens with zero attached hydrogens (tertiary/aromatic N) is 1. The van der Waals surface area contributed by atoms with Crippen LogP contribution in [0, 0.1) is 5.92 Å². The number of hydrogen-bond acceptors (Lipinski definition) is 2. The summed E-state index contributed by atoms with van der Waals surface area (Å²) in [5.41, 5.74) is 6.52. The fourth-order valence-corrected chi connectivity index (χ4v) is 2.36. The van der Waals surface area contributed by atoms with E-state index in [4.69, 9.17) is 5.73 Å². The van der Waals surface area contributed by atoms with Crippen LogP contribution in [0.3, 0.4) is 0 Å². The van der Waals surface area contributed by atoms with Gasteiger partial charge in [0.05, 0.1) is 5.92 Å². The van der Waals surface area contributed by atoms with Gasteiger partial charge >= 0.3 is 0 Å². The minimum Gasteiger partial charge on any atom is -0.371 e. The van der Waals surface area contributed by atoms with Crippen LogP contribution in [-0.4, -0.2) is 19.0 Å². The Morgan fingerprint density at radius 2 is 2.06 bits per heavy atom. The van der Waals surface area contributed by atoms with Crippen molar-refractivity contribution in [3.63, 3.8) is 0 Å². The highest BCUT2D eigenvalue weighted by molar-refractivity contribution is 9.10. The maximum Gasteiger partial charge on any atom is 0.222 e. The van der Waals surface area contributed by atoms with Crippen LogP contribution < -0.4 is 10.6 Å². The van der Waals surface area contributed by atoms with Gasteiger partial charge in [0, 0.05) is 23.2 Å². The summed E-state index contributed by atoms with van der Waals surface area (Å²) in [5.74, 6) is -0.181. The number of anilines is 1. The zero-order valence-corrected chi connectivity index (χ0v) is 10.6. The standard InChI is InChI=1S/C12H15BrN2O/c13-10-3-5-11(6-4-10)15-7-1-2-9(8-15)12(14)16/h3-6,9H,1-2,7-8H2,(H2,14,16). The lowest BCUT2D eigenvalue weighted by molar-refractivity contribution is -0.122. The molecule has 1 amide bonds. The number of rotatable bonds is 2. The van der Waals surface area contributed by atoms with Crippen molar-refractivity contribution in [2.45, 2.75) is 12.8 Å². The molecule has 4 heteroatoms. The van der Waals surface area contributed by atoms with Gasteiger partial charge in [-0.3, -0.25) is 4.79 Å². The molecule has 1 aliphatic heterocycles. The summed E-state index contributed by atoms with van der Waals surface area (Å²) < 4.78 is 1.07. The predicted octanol–water partition coefficient (Wildman–Crippen LogP) is 2.15. The Balaban J connectivity index is 2.09. The van der Waals surface area contributed by atoms with Gasteiger partial charge in [0.1, 0.15) is 0 Å². The van der Waals surface area contributed by atoms with Crippen LogP contribution in [0.4, 0.5) is 5.69 Å². The van der Waals surface area contributed by atoms with Crippen molar-refractivity contribution in [2.75, 3.05) is 18.0 Å². The van der Waals surface area contributed by atoms with E-state index in [0.29, 0.717) is 0 Å². The smallest absolute Gasteiger partial charge is 0.222 e. The first-order valence-electron chi connectivity index (χ1n) is 5.46. The highest BCUT2D eigenvalue weighted by Crippen LogP contribution is 2.24. The predicted molar refractivity (Wildman–Crippen MR) is 68.3 cm³/mol. The van der Waals surface area contributed by atoms with Gasteiger partial charge in [-0.2, -0.15) is 0 Å². The average Bonchev–Trinajstić information content (AvgIpc) is 2.30. The molecule has 1 aromatic carbocycles. The molecule has 1 saturated heterocycles. The molecule has 1 heterocycles. The van der Waals surface area contributed by atoms with E-state index in [1.54, 1.807) is 0 Å². The largest absolute Gasteiger partial charge is 0.371 e. The van der Waals surface area contributed by atoms with E-state index in [1.807, 2.05) is 12.1 Å². The molecule has 86 valence electrons. The van der Waals surface area contributed by atoms with Gasteiger partial charge in [-0.25, -0.2) is 0 Å². The molecule has 16 heavy (non-hydrogen) atoms. The number of amides is 1. The first kappa shape index (κ1) is 11.5. The zero-order valence-electron chi connectivity index (χ0n) is 9.03. The number of primary amides is 1. The Kier molecular flexibility index (Phi) is 3.49. The lowest BCUT2D eigenvalue weighted by Crippen LogP contribution is -2.41. The van der Waals surface area contributed by atoms with Crippen LogP contribution in [0.25, 0.3) is 0 Å². The molecule has 1 aromatic rings. The van der Waals surface area contributed by atoms with E-state index in [1.165, 1.54) is 0 Å². The van der Waals surface area contributed by atoms with Crippen LogP contribution in [-0.2, 0) is 4.79 Å². The Morgan fingerprint density at radius 3 is 2.69 bits per heavy atom. The number of hydrogen-bond donors (Lipinski definition) is 1. The monoisotopic (exact) mass is 282 g/mol. The average molecular weight is 283 g/mol. The number of carbonyl (C=O) groups excluding carboxylic acids is 1. The van der Waals surface area contributed by atoms with Crippen molar-refractivity contribution in [1.29, 1.82) is 0 Å². The first-order valence-corrected chi connectivity index (χ1v) is 6.26. The molecule has 0 spiro atoms. The minimum atomic E-state index is -0.179. The van der Waals surface area contributed by atoms with Crippen molar-refractivity contribution in [3.8, 4) is 0 Å². The van der Waals surface area contributed by atoms with Crippen LogP contribution in [0.1, 0.15) is 12.8 Å². The summed E-state index contributed by atoms with van der Waals surface area (Å²) in [5, 5.41) is 0. The van der Waals surface area contributed by atoms with E-state index in [0.717, 1.165) is 36.1 Å². The van der Waals surface area contributed by atoms with E-state index in [2.05, 4.69) is 33.0 Å². The third-order valence-electron chi connectivity index (χ3n) is 3.02. The van der Waals surface area contributed by atoms with Crippen molar-refractivity contribution in [1.82, 2.24) is 0 Å².